The first-order chi connectivity index (χ1) is 13.0. The molecule has 1 aromatic carbocycles. The van der Waals surface area contributed by atoms with Gasteiger partial charge in [0, 0.05) is 43.6 Å². The minimum Gasteiger partial charge on any atom is -0.347 e. The largest absolute Gasteiger partial charge is 0.347 e. The molecule has 0 aliphatic carbocycles. The number of benzene rings is 1. The average molecular weight is 385 g/mol. The van der Waals surface area contributed by atoms with Crippen molar-refractivity contribution in [2.24, 2.45) is 0 Å². The SMILES string of the molecule is CCN1CCN(S(=O)(=O)c2cccc3cc(C)cnc23)C[C@@H]1c1ncc[nH]1. The lowest BCUT2D eigenvalue weighted by atomic mass is 10.2. The maximum atomic E-state index is 13.4. The number of aryl methyl sites for hydroxylation is 1. The number of sulfonamides is 1. The molecule has 0 amide bonds. The van der Waals surface area contributed by atoms with E-state index in [2.05, 4.69) is 26.8 Å². The molecule has 0 spiro atoms. The number of H-pyrrole nitrogens is 1. The highest BCUT2D eigenvalue weighted by Crippen LogP contribution is 2.29. The zero-order valence-electron chi connectivity index (χ0n) is 15.5. The molecular weight excluding hydrogens is 362 g/mol. The summed E-state index contributed by atoms with van der Waals surface area (Å²) in [4.78, 5) is 14.4. The summed E-state index contributed by atoms with van der Waals surface area (Å²) in [7, 11) is -3.65. The number of piperazine rings is 1. The molecule has 3 heterocycles. The first kappa shape index (κ1) is 18.1. The molecule has 0 saturated carbocycles. The molecule has 0 radical (unpaired) electrons. The van der Waals surface area contributed by atoms with Gasteiger partial charge in [-0.3, -0.25) is 9.88 Å². The van der Waals surface area contributed by atoms with Crippen molar-refractivity contribution in [3.8, 4) is 0 Å². The third-order valence-corrected chi connectivity index (χ3v) is 7.02. The van der Waals surface area contributed by atoms with E-state index < -0.39 is 10.0 Å². The summed E-state index contributed by atoms with van der Waals surface area (Å²) in [5.74, 6) is 0.795. The van der Waals surface area contributed by atoms with Gasteiger partial charge in [0.25, 0.3) is 0 Å². The van der Waals surface area contributed by atoms with Crippen LogP contribution in [0.2, 0.25) is 0 Å². The Balaban J connectivity index is 1.72. The first-order valence-electron chi connectivity index (χ1n) is 9.09. The van der Waals surface area contributed by atoms with E-state index in [0.29, 0.717) is 25.2 Å². The van der Waals surface area contributed by atoms with Crippen LogP contribution in [0.5, 0.6) is 0 Å². The topological polar surface area (TPSA) is 82.2 Å². The zero-order valence-corrected chi connectivity index (χ0v) is 16.3. The molecule has 0 unspecified atom stereocenters. The molecule has 0 bridgehead atoms. The quantitative estimate of drug-likeness (QED) is 0.745. The Labute approximate surface area is 159 Å². The van der Waals surface area contributed by atoms with Gasteiger partial charge in [-0.15, -0.1) is 0 Å². The monoisotopic (exact) mass is 385 g/mol. The molecule has 1 N–H and O–H groups in total. The fraction of sp³-hybridized carbons (Fsp3) is 0.368. The van der Waals surface area contributed by atoms with Gasteiger partial charge in [-0.2, -0.15) is 4.31 Å². The Morgan fingerprint density at radius 2 is 2.11 bits per heavy atom. The molecule has 7 nitrogen and oxygen atoms in total. The summed E-state index contributed by atoms with van der Waals surface area (Å²) in [6.07, 6.45) is 5.18. The molecule has 27 heavy (non-hydrogen) atoms. The van der Waals surface area contributed by atoms with Crippen molar-refractivity contribution >= 4 is 20.9 Å². The Kier molecular flexibility index (Phi) is 4.71. The van der Waals surface area contributed by atoms with Crippen molar-refractivity contribution in [2.75, 3.05) is 26.2 Å². The minimum absolute atomic E-state index is 0.0845. The lowest BCUT2D eigenvalue weighted by molar-refractivity contribution is 0.119. The van der Waals surface area contributed by atoms with Gasteiger partial charge < -0.3 is 4.98 Å². The number of rotatable bonds is 4. The third-order valence-electron chi connectivity index (χ3n) is 5.12. The smallest absolute Gasteiger partial charge is 0.245 e. The standard InChI is InChI=1S/C19H23N5O2S/c1-3-23-9-10-24(13-16(23)19-20-7-8-21-19)27(25,26)17-6-4-5-15-11-14(2)12-22-18(15)17/h4-8,11-12,16H,3,9-10,13H2,1-2H3,(H,20,21)/t16-/m1/s1. The Hall–Kier alpha value is -2.29. The molecule has 4 rings (SSSR count). The van der Waals surface area contributed by atoms with E-state index in [1.54, 1.807) is 35.0 Å². The van der Waals surface area contributed by atoms with Crippen LogP contribution in [0.15, 0.2) is 47.8 Å². The maximum Gasteiger partial charge on any atom is 0.245 e. The second-order valence-corrected chi connectivity index (χ2v) is 8.73. The average Bonchev–Trinajstić information content (AvgIpc) is 3.21. The van der Waals surface area contributed by atoms with Crippen LogP contribution >= 0.6 is 0 Å². The number of imidazole rings is 1. The van der Waals surface area contributed by atoms with Crippen LogP contribution in [-0.2, 0) is 10.0 Å². The molecule has 8 heteroatoms. The lowest BCUT2D eigenvalue weighted by Crippen LogP contribution is -2.50. The molecule has 1 atom stereocenters. The summed E-state index contributed by atoms with van der Waals surface area (Å²) < 4.78 is 28.4. The summed E-state index contributed by atoms with van der Waals surface area (Å²) >= 11 is 0. The number of fused-ring (bicyclic) bond motifs is 1. The molecule has 1 saturated heterocycles. The maximum absolute atomic E-state index is 13.4. The highest BCUT2D eigenvalue weighted by molar-refractivity contribution is 7.89. The predicted octanol–water partition coefficient (Wildman–Crippen LogP) is 2.33. The number of aromatic amines is 1. The highest BCUT2D eigenvalue weighted by Gasteiger charge is 2.36. The number of pyridine rings is 1. The van der Waals surface area contributed by atoms with Crippen LogP contribution in [0, 0.1) is 6.92 Å². The van der Waals surface area contributed by atoms with E-state index in [1.165, 1.54) is 0 Å². The minimum atomic E-state index is -3.65. The van der Waals surface area contributed by atoms with Crippen molar-refractivity contribution in [3.63, 3.8) is 0 Å². The highest BCUT2D eigenvalue weighted by atomic mass is 32.2. The third kappa shape index (κ3) is 3.24. The Bertz CT molecular complexity index is 1050. The molecule has 3 aromatic rings. The molecule has 142 valence electrons. The second-order valence-electron chi connectivity index (χ2n) is 6.82. The molecule has 1 aliphatic heterocycles. The first-order valence-corrected chi connectivity index (χ1v) is 10.5. The summed E-state index contributed by atoms with van der Waals surface area (Å²) in [6, 6.07) is 7.20. The predicted molar refractivity (Wildman–Crippen MR) is 104 cm³/mol. The van der Waals surface area contributed by atoms with Crippen LogP contribution in [-0.4, -0.2) is 58.8 Å². The van der Waals surface area contributed by atoms with Crippen LogP contribution in [0.1, 0.15) is 24.4 Å². The van der Waals surface area contributed by atoms with Crippen molar-refractivity contribution in [1.82, 2.24) is 24.2 Å². The Morgan fingerprint density at radius 3 is 2.85 bits per heavy atom. The van der Waals surface area contributed by atoms with E-state index in [1.807, 2.05) is 19.1 Å². The van der Waals surface area contributed by atoms with Gasteiger partial charge in [0.2, 0.25) is 10.0 Å². The van der Waals surface area contributed by atoms with Crippen molar-refractivity contribution in [2.45, 2.75) is 24.8 Å². The molecule has 1 aliphatic rings. The van der Waals surface area contributed by atoms with E-state index >= 15 is 0 Å². The van der Waals surface area contributed by atoms with Gasteiger partial charge in [-0.05, 0) is 31.2 Å². The van der Waals surface area contributed by atoms with Crippen molar-refractivity contribution in [1.29, 1.82) is 0 Å². The van der Waals surface area contributed by atoms with E-state index in [-0.39, 0.29) is 10.9 Å². The second kappa shape index (κ2) is 7.03. The number of hydrogen-bond donors (Lipinski definition) is 1. The normalized spacial score (nSPS) is 19.6. The number of hydrogen-bond acceptors (Lipinski definition) is 5. The van der Waals surface area contributed by atoms with Gasteiger partial charge in [0.1, 0.15) is 10.7 Å². The molecule has 1 fully saturated rings. The van der Waals surface area contributed by atoms with Crippen LogP contribution in [0.4, 0.5) is 0 Å². The summed E-state index contributed by atoms with van der Waals surface area (Å²) in [5.41, 5.74) is 1.53. The number of likely N-dealkylation sites (N-methyl/N-ethyl adjacent to an activating group) is 1. The number of nitrogens with zero attached hydrogens (tertiary/aromatic N) is 4. The van der Waals surface area contributed by atoms with Crippen LogP contribution in [0.3, 0.4) is 0 Å². The fourth-order valence-corrected chi connectivity index (χ4v) is 5.30. The fourth-order valence-electron chi connectivity index (χ4n) is 3.70. The Morgan fingerprint density at radius 1 is 1.26 bits per heavy atom. The van der Waals surface area contributed by atoms with Gasteiger partial charge in [-0.25, -0.2) is 13.4 Å². The van der Waals surface area contributed by atoms with E-state index in [9.17, 15) is 8.42 Å². The van der Waals surface area contributed by atoms with Crippen LogP contribution in [0.25, 0.3) is 10.9 Å². The molecule has 2 aromatic heterocycles. The van der Waals surface area contributed by atoms with Gasteiger partial charge >= 0.3 is 0 Å². The number of aromatic nitrogens is 3. The zero-order chi connectivity index (χ0) is 19.0. The van der Waals surface area contributed by atoms with Gasteiger partial charge in [-0.1, -0.05) is 19.1 Å². The van der Waals surface area contributed by atoms with Gasteiger partial charge in [0.15, 0.2) is 0 Å². The summed E-state index contributed by atoms with van der Waals surface area (Å²) in [6.45, 7) is 6.36. The van der Waals surface area contributed by atoms with E-state index in [0.717, 1.165) is 23.3 Å². The number of para-hydroxylation sites is 1. The molecular formula is C19H23N5O2S. The van der Waals surface area contributed by atoms with Crippen LogP contribution < -0.4 is 0 Å². The van der Waals surface area contributed by atoms with Gasteiger partial charge in [0.05, 0.1) is 11.6 Å². The van der Waals surface area contributed by atoms with Crippen molar-refractivity contribution < 1.29 is 8.42 Å². The van der Waals surface area contributed by atoms with E-state index in [4.69, 9.17) is 0 Å². The lowest BCUT2D eigenvalue weighted by Gasteiger charge is -2.39. The number of nitrogens with one attached hydrogen (secondary N) is 1. The summed E-state index contributed by atoms with van der Waals surface area (Å²) in [5, 5.41) is 0.839. The van der Waals surface area contributed by atoms with Crippen molar-refractivity contribution in [3.05, 3.63) is 54.2 Å².